The van der Waals surface area contributed by atoms with Gasteiger partial charge in [0.1, 0.15) is 0 Å². The highest BCUT2D eigenvalue weighted by atomic mass is 19.0. The van der Waals surface area contributed by atoms with Gasteiger partial charge in [-0.15, -0.1) is 0 Å². The fourth-order valence-electron chi connectivity index (χ4n) is 0.278. The molecule has 48 valence electrons. The van der Waals surface area contributed by atoms with E-state index < -0.39 is 0 Å². The van der Waals surface area contributed by atoms with Gasteiger partial charge < -0.3 is 10.7 Å². The van der Waals surface area contributed by atoms with Crippen LogP contribution in [0.3, 0.4) is 0 Å². The Bertz CT molecular complexity index is 66.9. The van der Waals surface area contributed by atoms with Crippen molar-refractivity contribution in [3.63, 3.8) is 0 Å². The Morgan fingerprint density at radius 1 is 1.12 bits per heavy atom. The third-order valence-corrected chi connectivity index (χ3v) is 0.496. The monoisotopic (exact) mass is 118 g/mol. The molecular weight excluding hydrogens is 107 g/mol. The van der Waals surface area contributed by atoms with Gasteiger partial charge in [-0.25, -0.2) is 0 Å². The van der Waals surface area contributed by atoms with Crippen LogP contribution in [0.25, 0.3) is 0 Å². The van der Waals surface area contributed by atoms with E-state index in [9.17, 15) is 0 Å². The normalized spacial score (nSPS) is 5.75. The molecule has 1 aromatic rings. The van der Waals surface area contributed by atoms with E-state index >= 15 is 0 Å². The Morgan fingerprint density at radius 2 is 1.50 bits per heavy atom. The van der Waals surface area contributed by atoms with Crippen LogP contribution in [-0.2, 0) is 0 Å². The lowest BCUT2D eigenvalue weighted by molar-refractivity contribution is 1.11. The number of nitrogens with one attached hydrogen (secondary N) is 1. The third-order valence-electron chi connectivity index (χ3n) is 0.496. The molecule has 0 aromatic carbocycles. The molecule has 0 atom stereocenters. The van der Waals surface area contributed by atoms with E-state index in [1.54, 1.807) is 0 Å². The van der Waals surface area contributed by atoms with Gasteiger partial charge in [-0.2, -0.15) is 0 Å². The minimum atomic E-state index is 0. The minimum absolute atomic E-state index is 0. The molecule has 0 amide bonds. The highest BCUT2D eigenvalue weighted by Gasteiger charge is 1.55. The molecule has 3 N–H and O–H groups in total. The Kier molecular flexibility index (Phi) is 12.1. The Labute approximate surface area is 48.1 Å². The summed E-state index contributed by atoms with van der Waals surface area (Å²) in [7, 11) is 1.50. The second-order valence-electron chi connectivity index (χ2n) is 0.885. The van der Waals surface area contributed by atoms with Gasteiger partial charge in [-0.1, -0.05) is 0 Å². The standard InChI is InChI=1S/C4H5N.CH5N.FH/c1-2-4-5-3-1;1-2;/h1-5H;2H2,1H3;1H. The first kappa shape index (κ1) is 10.2. The molecule has 1 aromatic heterocycles. The molecule has 0 saturated carbocycles. The van der Waals surface area contributed by atoms with Gasteiger partial charge in [0, 0.05) is 12.4 Å². The van der Waals surface area contributed by atoms with Crippen molar-refractivity contribution in [2.75, 3.05) is 7.05 Å². The summed E-state index contributed by atoms with van der Waals surface area (Å²) in [5, 5.41) is 0. The van der Waals surface area contributed by atoms with Gasteiger partial charge in [-0.3, -0.25) is 4.70 Å². The van der Waals surface area contributed by atoms with Crippen molar-refractivity contribution in [1.29, 1.82) is 0 Å². The van der Waals surface area contributed by atoms with E-state index in [1.165, 1.54) is 7.05 Å². The first-order valence-electron chi connectivity index (χ1n) is 2.15. The number of H-pyrrole nitrogens is 1. The van der Waals surface area contributed by atoms with Crippen LogP contribution in [0.1, 0.15) is 0 Å². The molecule has 0 aliphatic heterocycles. The van der Waals surface area contributed by atoms with Gasteiger partial charge in [0.25, 0.3) is 0 Å². The molecule has 0 unspecified atom stereocenters. The van der Waals surface area contributed by atoms with Gasteiger partial charge in [0.15, 0.2) is 0 Å². The number of nitrogens with two attached hydrogens (primary N) is 1. The van der Waals surface area contributed by atoms with Crippen molar-refractivity contribution < 1.29 is 4.70 Å². The average Bonchev–Trinajstić information content (AvgIpc) is 2.23. The summed E-state index contributed by atoms with van der Waals surface area (Å²) in [6.45, 7) is 0. The Morgan fingerprint density at radius 3 is 1.62 bits per heavy atom. The minimum Gasteiger partial charge on any atom is -0.368 e. The maximum Gasteiger partial charge on any atom is 0.000496 e. The summed E-state index contributed by atoms with van der Waals surface area (Å²) in [6.07, 6.45) is 3.75. The van der Waals surface area contributed by atoms with Crippen LogP contribution in [0.15, 0.2) is 24.5 Å². The van der Waals surface area contributed by atoms with Crippen LogP contribution in [-0.4, -0.2) is 12.0 Å². The van der Waals surface area contributed by atoms with E-state index in [4.69, 9.17) is 0 Å². The molecule has 0 saturated heterocycles. The molecular formula is C5H11FN2. The summed E-state index contributed by atoms with van der Waals surface area (Å²) in [6, 6.07) is 3.89. The molecule has 0 spiro atoms. The molecule has 0 aliphatic carbocycles. The SMILES string of the molecule is CN.F.c1cc[nH]c1. The van der Waals surface area contributed by atoms with E-state index in [-0.39, 0.29) is 4.70 Å². The van der Waals surface area contributed by atoms with E-state index in [0.29, 0.717) is 0 Å². The Balaban J connectivity index is 0. The van der Waals surface area contributed by atoms with Crippen LogP contribution >= 0.6 is 0 Å². The first-order valence-corrected chi connectivity index (χ1v) is 2.15. The zero-order valence-electron chi connectivity index (χ0n) is 4.79. The summed E-state index contributed by atoms with van der Waals surface area (Å²) in [4.78, 5) is 2.86. The fourth-order valence-corrected chi connectivity index (χ4v) is 0.278. The van der Waals surface area contributed by atoms with Crippen molar-refractivity contribution in [3.8, 4) is 0 Å². The van der Waals surface area contributed by atoms with E-state index in [1.807, 2.05) is 24.5 Å². The van der Waals surface area contributed by atoms with Crippen molar-refractivity contribution >= 4 is 0 Å². The zero-order valence-corrected chi connectivity index (χ0v) is 4.79. The summed E-state index contributed by atoms with van der Waals surface area (Å²) in [5.74, 6) is 0. The van der Waals surface area contributed by atoms with Crippen LogP contribution < -0.4 is 5.73 Å². The molecule has 3 heteroatoms. The second-order valence-corrected chi connectivity index (χ2v) is 0.885. The van der Waals surface area contributed by atoms with Crippen molar-refractivity contribution in [2.24, 2.45) is 5.73 Å². The molecule has 8 heavy (non-hydrogen) atoms. The van der Waals surface area contributed by atoms with Crippen LogP contribution in [0.2, 0.25) is 0 Å². The lowest BCUT2D eigenvalue weighted by Crippen LogP contribution is -1.69. The molecule has 0 aliphatic rings. The smallest absolute Gasteiger partial charge is 0.000496 e. The number of hydrogen-bond acceptors (Lipinski definition) is 1. The average molecular weight is 118 g/mol. The third kappa shape index (κ3) is 5.17. The van der Waals surface area contributed by atoms with Crippen molar-refractivity contribution in [1.82, 2.24) is 4.98 Å². The van der Waals surface area contributed by atoms with Crippen LogP contribution in [0.4, 0.5) is 4.70 Å². The van der Waals surface area contributed by atoms with Gasteiger partial charge >= 0.3 is 0 Å². The number of aromatic nitrogens is 1. The molecule has 0 fully saturated rings. The number of aromatic amines is 1. The van der Waals surface area contributed by atoms with Crippen LogP contribution in [0.5, 0.6) is 0 Å². The predicted octanol–water partition coefficient (Wildman–Crippen LogP) is 0.742. The summed E-state index contributed by atoms with van der Waals surface area (Å²) < 4.78 is 0. The highest BCUT2D eigenvalue weighted by Crippen LogP contribution is 1.72. The van der Waals surface area contributed by atoms with E-state index in [0.717, 1.165) is 0 Å². The Hall–Kier alpha value is -0.830. The topological polar surface area (TPSA) is 41.8 Å². The fraction of sp³-hybridized carbons (Fsp3) is 0.200. The first-order chi connectivity index (χ1) is 3.50. The van der Waals surface area contributed by atoms with Crippen molar-refractivity contribution in [3.05, 3.63) is 24.5 Å². The molecule has 1 heterocycles. The largest absolute Gasteiger partial charge is 0.368 e. The number of rotatable bonds is 0. The maximum absolute atomic E-state index is 4.50. The highest BCUT2D eigenvalue weighted by molar-refractivity contribution is 4.84. The molecule has 0 bridgehead atoms. The lowest BCUT2D eigenvalue weighted by Gasteiger charge is -1.49. The van der Waals surface area contributed by atoms with Gasteiger partial charge in [0.05, 0.1) is 0 Å². The van der Waals surface area contributed by atoms with Gasteiger partial charge in [-0.05, 0) is 19.2 Å². The second kappa shape index (κ2) is 9.48. The lowest BCUT2D eigenvalue weighted by atomic mass is 10.7. The number of halogens is 1. The molecule has 1 rings (SSSR count). The summed E-state index contributed by atoms with van der Waals surface area (Å²) >= 11 is 0. The summed E-state index contributed by atoms with van der Waals surface area (Å²) in [5.41, 5.74) is 4.50. The van der Waals surface area contributed by atoms with Crippen LogP contribution in [0, 0.1) is 0 Å². The molecule has 2 nitrogen and oxygen atoms in total. The maximum atomic E-state index is 4.50. The number of hydrogen-bond donors (Lipinski definition) is 2. The molecule has 0 radical (unpaired) electrons. The van der Waals surface area contributed by atoms with E-state index in [2.05, 4.69) is 10.7 Å². The van der Waals surface area contributed by atoms with Crippen molar-refractivity contribution in [2.45, 2.75) is 0 Å². The zero-order chi connectivity index (χ0) is 5.54. The van der Waals surface area contributed by atoms with Gasteiger partial charge in [0.2, 0.25) is 0 Å². The predicted molar refractivity (Wildman–Crippen MR) is 33.4 cm³/mol. The quantitative estimate of drug-likeness (QED) is 0.518.